The zero-order valence-electron chi connectivity index (χ0n) is 16.0. The third-order valence-electron chi connectivity index (χ3n) is 3.97. The Morgan fingerprint density at radius 2 is 1.88 bits per heavy atom. The molecular formula is C12H16F2N3O13P3. The van der Waals surface area contributed by atoms with Crippen LogP contribution in [0.4, 0.5) is 14.6 Å². The van der Waals surface area contributed by atoms with E-state index in [0.29, 0.717) is 6.20 Å². The number of phosphoric ester groups is 1. The summed E-state index contributed by atoms with van der Waals surface area (Å²) in [6.07, 6.45) is -3.09. The third kappa shape index (κ3) is 6.31. The Balaban J connectivity index is 2.31. The summed E-state index contributed by atoms with van der Waals surface area (Å²) in [6, 6.07) is 0. The average molecular weight is 541 g/mol. The maximum absolute atomic E-state index is 15.3. The van der Waals surface area contributed by atoms with E-state index >= 15 is 4.39 Å². The number of aliphatic hydroxyl groups is 1. The van der Waals surface area contributed by atoms with Crippen molar-refractivity contribution in [2.24, 2.45) is 0 Å². The zero-order chi connectivity index (χ0) is 25.6. The van der Waals surface area contributed by atoms with Crippen molar-refractivity contribution in [3.63, 3.8) is 0 Å². The van der Waals surface area contributed by atoms with E-state index in [9.17, 15) is 32.9 Å². The smallest absolute Gasteiger partial charge is 0.386 e. The Hall–Kier alpha value is -1.57. The number of anilines is 1. The summed E-state index contributed by atoms with van der Waals surface area (Å²) >= 11 is 0. The van der Waals surface area contributed by atoms with Crippen molar-refractivity contribution in [2.45, 2.75) is 37.1 Å². The van der Waals surface area contributed by atoms with Crippen LogP contribution in [0.2, 0.25) is 0 Å². The molecule has 1 aliphatic heterocycles. The molecule has 1 fully saturated rings. The highest BCUT2D eigenvalue weighted by atomic mass is 31.3. The highest BCUT2D eigenvalue weighted by Gasteiger charge is 2.60. The van der Waals surface area contributed by atoms with Crippen molar-refractivity contribution in [2.75, 3.05) is 5.73 Å². The first-order chi connectivity index (χ1) is 14.8. The number of aromatic nitrogens is 2. The standard InChI is InChI=1S/C12H16F2N3O13P3/c1-3-12(14)8(18)7(27-10(12)17-4-6(13)9(15)16-11(17)19)5(2)28-32(23,24)30-33(25,26)29-31(20,21)22/h1,4-5,7-8,10,18H,2H3,(H,23,24)(H,25,26)(H2,15,16,19)(H2,20,21,22)/t5-,7+,8-,10+,12?/m0/s1. The molecular weight excluding hydrogens is 525 g/mol. The van der Waals surface area contributed by atoms with Gasteiger partial charge >= 0.3 is 29.2 Å². The van der Waals surface area contributed by atoms with Gasteiger partial charge < -0.3 is 35.2 Å². The van der Waals surface area contributed by atoms with E-state index < -0.39 is 71.0 Å². The van der Waals surface area contributed by atoms with Crippen molar-refractivity contribution in [1.82, 2.24) is 9.55 Å². The van der Waals surface area contributed by atoms with Crippen molar-refractivity contribution in [3.8, 4) is 12.3 Å². The van der Waals surface area contributed by atoms with Crippen molar-refractivity contribution >= 4 is 29.3 Å². The van der Waals surface area contributed by atoms with Gasteiger partial charge in [0.15, 0.2) is 17.9 Å². The fourth-order valence-corrected chi connectivity index (χ4v) is 5.89. The molecule has 0 radical (unpaired) electrons. The lowest BCUT2D eigenvalue weighted by molar-refractivity contribution is -0.0783. The number of nitrogens with zero attached hydrogens (tertiary/aromatic N) is 2. The van der Waals surface area contributed by atoms with Gasteiger partial charge in [0.2, 0.25) is 5.67 Å². The Bertz CT molecular complexity index is 1170. The minimum Gasteiger partial charge on any atom is -0.386 e. The molecule has 1 saturated heterocycles. The number of alkyl halides is 1. The second kappa shape index (κ2) is 9.23. The number of rotatable bonds is 8. The Kier molecular flexibility index (Phi) is 7.74. The number of terminal acetylenes is 1. The number of hydrogen-bond acceptors (Lipinski definition) is 11. The lowest BCUT2D eigenvalue weighted by Crippen LogP contribution is -2.45. The second-order valence-electron chi connectivity index (χ2n) is 6.38. The first-order valence-electron chi connectivity index (χ1n) is 8.18. The summed E-state index contributed by atoms with van der Waals surface area (Å²) in [6.45, 7) is 0.857. The summed E-state index contributed by atoms with van der Waals surface area (Å²) in [7, 11) is -17.2. The Labute approximate surface area is 182 Å². The first kappa shape index (κ1) is 27.7. The molecule has 7 N–H and O–H groups in total. The molecule has 0 aromatic carbocycles. The normalized spacial score (nSPS) is 30.2. The van der Waals surface area contributed by atoms with Crippen molar-refractivity contribution in [3.05, 3.63) is 22.5 Å². The molecule has 1 aromatic heterocycles. The van der Waals surface area contributed by atoms with Gasteiger partial charge in [0.1, 0.15) is 12.2 Å². The van der Waals surface area contributed by atoms with Gasteiger partial charge in [0, 0.05) is 0 Å². The van der Waals surface area contributed by atoms with E-state index in [0.717, 1.165) is 6.92 Å². The van der Waals surface area contributed by atoms with Gasteiger partial charge in [-0.05, 0) is 6.92 Å². The van der Waals surface area contributed by atoms with Crippen LogP contribution < -0.4 is 11.4 Å². The number of ether oxygens (including phenoxy) is 1. The largest absolute Gasteiger partial charge is 0.490 e. The van der Waals surface area contributed by atoms with Crippen molar-refractivity contribution in [1.29, 1.82) is 0 Å². The molecule has 16 nitrogen and oxygen atoms in total. The van der Waals surface area contributed by atoms with Gasteiger partial charge in [0.05, 0.1) is 12.3 Å². The van der Waals surface area contributed by atoms with Crippen LogP contribution in [0.3, 0.4) is 0 Å². The van der Waals surface area contributed by atoms with E-state index in [1.165, 1.54) is 5.92 Å². The molecule has 186 valence electrons. The van der Waals surface area contributed by atoms with Gasteiger partial charge in [0.25, 0.3) is 0 Å². The molecule has 2 rings (SSSR count). The number of nitrogens with two attached hydrogens (primary N) is 1. The van der Waals surface area contributed by atoms with E-state index in [2.05, 4.69) is 18.1 Å². The molecule has 0 aliphatic carbocycles. The summed E-state index contributed by atoms with van der Waals surface area (Å²) in [5, 5.41) is 10.3. The third-order valence-corrected chi connectivity index (χ3v) is 7.90. The van der Waals surface area contributed by atoms with Crippen LogP contribution in [0.15, 0.2) is 11.0 Å². The molecule has 3 unspecified atom stereocenters. The van der Waals surface area contributed by atoms with Crippen LogP contribution in [0.25, 0.3) is 0 Å². The lowest BCUT2D eigenvalue weighted by Gasteiger charge is -2.25. The van der Waals surface area contributed by atoms with E-state index in [1.807, 2.05) is 0 Å². The molecule has 1 aliphatic rings. The Morgan fingerprint density at radius 1 is 1.30 bits per heavy atom. The number of phosphoric acid groups is 3. The van der Waals surface area contributed by atoms with E-state index in [4.69, 9.17) is 31.6 Å². The minimum absolute atomic E-state index is 0.215. The highest BCUT2D eigenvalue weighted by molar-refractivity contribution is 7.66. The summed E-state index contributed by atoms with van der Waals surface area (Å²) in [4.78, 5) is 50.8. The first-order valence-corrected chi connectivity index (χ1v) is 12.7. The molecule has 0 amide bonds. The topological polar surface area (TPSA) is 250 Å². The molecule has 0 spiro atoms. The number of aliphatic hydroxyl groups excluding tert-OH is 1. The van der Waals surface area contributed by atoms with Crippen LogP contribution >= 0.6 is 23.5 Å². The maximum Gasteiger partial charge on any atom is 0.490 e. The van der Waals surface area contributed by atoms with Crippen LogP contribution in [0.5, 0.6) is 0 Å². The van der Waals surface area contributed by atoms with Crippen LogP contribution in [0, 0.1) is 18.2 Å². The second-order valence-corrected chi connectivity index (χ2v) is 10.7. The predicted molar refractivity (Wildman–Crippen MR) is 99.9 cm³/mol. The van der Waals surface area contributed by atoms with Gasteiger partial charge in [-0.15, -0.1) is 6.42 Å². The molecule has 2 heterocycles. The molecule has 0 bridgehead atoms. The number of hydrogen-bond donors (Lipinski definition) is 6. The van der Waals surface area contributed by atoms with Gasteiger partial charge in [-0.1, -0.05) is 5.92 Å². The van der Waals surface area contributed by atoms with Crippen LogP contribution in [0.1, 0.15) is 13.2 Å². The molecule has 1 aromatic rings. The fourth-order valence-electron chi connectivity index (χ4n) is 2.69. The number of halogens is 2. The monoisotopic (exact) mass is 541 g/mol. The van der Waals surface area contributed by atoms with Crippen LogP contribution in [-0.4, -0.2) is 58.2 Å². The summed E-state index contributed by atoms with van der Waals surface area (Å²) < 4.78 is 79.9. The van der Waals surface area contributed by atoms with Crippen molar-refractivity contribution < 1.29 is 65.0 Å². The molecule has 0 saturated carbocycles. The van der Waals surface area contributed by atoms with Gasteiger partial charge in [-0.2, -0.15) is 13.6 Å². The van der Waals surface area contributed by atoms with Gasteiger partial charge in [-0.3, -0.25) is 9.09 Å². The predicted octanol–water partition coefficient (Wildman–Crippen LogP) is -0.704. The Morgan fingerprint density at radius 3 is 2.39 bits per heavy atom. The zero-order valence-corrected chi connectivity index (χ0v) is 18.7. The maximum atomic E-state index is 15.3. The lowest BCUT2D eigenvalue weighted by atomic mass is 9.95. The quantitative estimate of drug-likeness (QED) is 0.176. The number of nitrogen functional groups attached to an aromatic ring is 1. The molecule has 33 heavy (non-hydrogen) atoms. The average Bonchev–Trinajstić information content (AvgIpc) is 2.87. The van der Waals surface area contributed by atoms with Gasteiger partial charge in [-0.25, -0.2) is 27.3 Å². The summed E-state index contributed by atoms with van der Waals surface area (Å²) in [5.74, 6) is -0.597. The summed E-state index contributed by atoms with van der Waals surface area (Å²) in [5.41, 5.74) is 0.530. The molecule has 7 atom stereocenters. The minimum atomic E-state index is -5.86. The van der Waals surface area contributed by atoms with E-state index in [1.54, 1.807) is 0 Å². The van der Waals surface area contributed by atoms with E-state index in [-0.39, 0.29) is 4.57 Å². The SMILES string of the molecule is C#CC1(F)[C@@H](O)[C@@H]([C@H](C)OP(=O)(O)OP(=O)(O)OP(=O)(O)O)O[C@H]1n1cc(F)c(N)nc1=O. The molecule has 21 heteroatoms. The fraction of sp³-hybridized carbons (Fsp3) is 0.500. The van der Waals surface area contributed by atoms with Crippen LogP contribution in [-0.2, 0) is 31.6 Å². The highest BCUT2D eigenvalue weighted by Crippen LogP contribution is 2.66.